The molecule has 0 saturated carbocycles. The van der Waals surface area contributed by atoms with Crippen molar-refractivity contribution >= 4 is 47.6 Å². The van der Waals surface area contributed by atoms with E-state index in [0.29, 0.717) is 0 Å². The van der Waals surface area contributed by atoms with Crippen LogP contribution in [0.15, 0.2) is 56.3 Å². The van der Waals surface area contributed by atoms with E-state index in [0.717, 1.165) is 14.5 Å². The first-order valence-electron chi connectivity index (χ1n) is 5.67. The van der Waals surface area contributed by atoms with Gasteiger partial charge in [-0.1, -0.05) is 44.0 Å². The summed E-state index contributed by atoms with van der Waals surface area (Å²) in [5, 5.41) is 0. The molecule has 0 amide bonds. The summed E-state index contributed by atoms with van der Waals surface area (Å²) in [6, 6.07) is 12.1. The molecular formula is C13H12Br2N2O2S. The summed E-state index contributed by atoms with van der Waals surface area (Å²) in [5.41, 5.74) is 6.81. The van der Waals surface area contributed by atoms with Crippen molar-refractivity contribution < 1.29 is 8.42 Å². The highest BCUT2D eigenvalue weighted by molar-refractivity contribution is 9.10. The zero-order valence-electron chi connectivity index (χ0n) is 10.3. The predicted octanol–water partition coefficient (Wildman–Crippen LogP) is 3.27. The van der Waals surface area contributed by atoms with Gasteiger partial charge in [-0.2, -0.15) is 0 Å². The van der Waals surface area contributed by atoms with Crippen LogP contribution in [0.1, 0.15) is 5.56 Å². The van der Waals surface area contributed by atoms with Gasteiger partial charge in [-0.25, -0.2) is 13.1 Å². The van der Waals surface area contributed by atoms with Crippen LogP contribution in [0.4, 0.5) is 5.69 Å². The maximum atomic E-state index is 12.2. The Balaban J connectivity index is 2.19. The van der Waals surface area contributed by atoms with Gasteiger partial charge in [-0.3, -0.25) is 0 Å². The Bertz CT molecular complexity index is 733. The van der Waals surface area contributed by atoms with Crippen LogP contribution in [0.3, 0.4) is 0 Å². The molecule has 2 rings (SSSR count). The normalized spacial score (nSPS) is 11.5. The number of rotatable bonds is 4. The van der Waals surface area contributed by atoms with Gasteiger partial charge in [0.05, 0.1) is 5.69 Å². The molecule has 0 saturated heterocycles. The zero-order valence-corrected chi connectivity index (χ0v) is 14.3. The maximum absolute atomic E-state index is 12.2. The van der Waals surface area contributed by atoms with Gasteiger partial charge in [0.25, 0.3) is 0 Å². The molecule has 3 N–H and O–H groups in total. The third-order valence-electron chi connectivity index (χ3n) is 2.62. The van der Waals surface area contributed by atoms with Gasteiger partial charge in [-0.15, -0.1) is 0 Å². The molecule has 0 heterocycles. The molecule has 4 nitrogen and oxygen atoms in total. The van der Waals surface area contributed by atoms with Crippen molar-refractivity contribution in [3.05, 3.63) is 57.0 Å². The zero-order chi connectivity index (χ0) is 14.8. The Morgan fingerprint density at radius 2 is 1.75 bits per heavy atom. The van der Waals surface area contributed by atoms with E-state index in [1.807, 2.05) is 24.3 Å². The molecule has 20 heavy (non-hydrogen) atoms. The van der Waals surface area contributed by atoms with Gasteiger partial charge in [0, 0.05) is 15.5 Å². The fraction of sp³-hybridized carbons (Fsp3) is 0.0769. The summed E-state index contributed by atoms with van der Waals surface area (Å²) in [7, 11) is -3.63. The van der Waals surface area contributed by atoms with E-state index in [9.17, 15) is 8.42 Å². The number of hydrogen-bond acceptors (Lipinski definition) is 3. The number of benzene rings is 2. The highest BCUT2D eigenvalue weighted by Crippen LogP contribution is 2.23. The highest BCUT2D eigenvalue weighted by Gasteiger charge is 2.17. The standard InChI is InChI=1S/C13H12Br2N2O2S/c14-10-3-1-2-9(6-10)8-17-20(18,19)13-5-4-11(15)7-12(13)16/h1-7,17H,8,16H2. The molecule has 0 aliphatic heterocycles. The van der Waals surface area contributed by atoms with E-state index >= 15 is 0 Å². The summed E-state index contributed by atoms with van der Waals surface area (Å²) in [5.74, 6) is 0. The molecule has 0 bridgehead atoms. The monoisotopic (exact) mass is 418 g/mol. The Labute approximate surface area is 134 Å². The lowest BCUT2D eigenvalue weighted by atomic mass is 10.2. The SMILES string of the molecule is Nc1cc(Br)ccc1S(=O)(=O)NCc1cccc(Br)c1. The largest absolute Gasteiger partial charge is 0.398 e. The molecule has 0 fully saturated rings. The molecule has 7 heteroatoms. The molecule has 0 aromatic heterocycles. The van der Waals surface area contributed by atoms with Gasteiger partial charge in [0.2, 0.25) is 10.0 Å². The van der Waals surface area contributed by atoms with Crippen molar-refractivity contribution in [1.82, 2.24) is 4.72 Å². The minimum absolute atomic E-state index is 0.0793. The molecule has 0 aliphatic carbocycles. The van der Waals surface area contributed by atoms with E-state index in [1.165, 1.54) is 6.07 Å². The van der Waals surface area contributed by atoms with Crippen molar-refractivity contribution in [3.8, 4) is 0 Å². The number of nitrogens with one attached hydrogen (secondary N) is 1. The highest BCUT2D eigenvalue weighted by atomic mass is 79.9. The Morgan fingerprint density at radius 1 is 1.05 bits per heavy atom. The average molecular weight is 420 g/mol. The Morgan fingerprint density at radius 3 is 2.40 bits per heavy atom. The van der Waals surface area contributed by atoms with E-state index in [1.54, 1.807) is 12.1 Å². The van der Waals surface area contributed by atoms with Gasteiger partial charge >= 0.3 is 0 Å². The number of halogens is 2. The fourth-order valence-corrected chi connectivity index (χ4v) is 3.62. The van der Waals surface area contributed by atoms with Crippen LogP contribution in [0.5, 0.6) is 0 Å². The number of nitrogens with two attached hydrogens (primary N) is 1. The fourth-order valence-electron chi connectivity index (χ4n) is 1.67. The van der Waals surface area contributed by atoms with Crippen LogP contribution in [-0.2, 0) is 16.6 Å². The van der Waals surface area contributed by atoms with Crippen LogP contribution in [0.2, 0.25) is 0 Å². The van der Waals surface area contributed by atoms with Crippen molar-refractivity contribution in [2.24, 2.45) is 0 Å². The molecule has 0 aliphatic rings. The molecule has 0 radical (unpaired) electrons. The molecule has 2 aromatic carbocycles. The molecular weight excluding hydrogens is 408 g/mol. The molecule has 106 valence electrons. The quantitative estimate of drug-likeness (QED) is 0.747. The third-order valence-corrected chi connectivity index (χ3v) is 5.08. The second-order valence-electron chi connectivity index (χ2n) is 4.14. The number of sulfonamides is 1. The van der Waals surface area contributed by atoms with Crippen LogP contribution >= 0.6 is 31.9 Å². The first kappa shape index (κ1) is 15.5. The van der Waals surface area contributed by atoms with E-state index in [2.05, 4.69) is 36.6 Å². The second kappa shape index (κ2) is 6.26. The molecule has 0 spiro atoms. The lowest BCUT2D eigenvalue weighted by molar-refractivity contribution is 0.581. The number of hydrogen-bond donors (Lipinski definition) is 2. The first-order chi connectivity index (χ1) is 9.38. The molecule has 0 unspecified atom stereocenters. The Kier molecular flexibility index (Phi) is 4.85. The van der Waals surface area contributed by atoms with Crippen molar-refractivity contribution in [2.75, 3.05) is 5.73 Å². The third kappa shape index (κ3) is 3.82. The van der Waals surface area contributed by atoms with Crippen LogP contribution in [0, 0.1) is 0 Å². The summed E-state index contributed by atoms with van der Waals surface area (Å²) < 4.78 is 28.6. The van der Waals surface area contributed by atoms with Crippen LogP contribution < -0.4 is 10.5 Å². The lowest BCUT2D eigenvalue weighted by Crippen LogP contribution is -2.24. The van der Waals surface area contributed by atoms with Crippen LogP contribution in [-0.4, -0.2) is 8.42 Å². The summed E-state index contributed by atoms with van der Waals surface area (Å²) >= 11 is 6.59. The lowest BCUT2D eigenvalue weighted by Gasteiger charge is -2.09. The van der Waals surface area contributed by atoms with Crippen molar-refractivity contribution in [2.45, 2.75) is 11.4 Å². The van der Waals surface area contributed by atoms with Crippen molar-refractivity contribution in [3.63, 3.8) is 0 Å². The number of anilines is 1. The van der Waals surface area contributed by atoms with Gasteiger partial charge < -0.3 is 5.73 Å². The summed E-state index contributed by atoms with van der Waals surface area (Å²) in [4.78, 5) is 0.0793. The molecule has 0 atom stereocenters. The summed E-state index contributed by atoms with van der Waals surface area (Å²) in [6.45, 7) is 0.206. The van der Waals surface area contributed by atoms with E-state index < -0.39 is 10.0 Å². The Hall–Kier alpha value is -0.890. The minimum Gasteiger partial charge on any atom is -0.398 e. The van der Waals surface area contributed by atoms with E-state index in [-0.39, 0.29) is 17.1 Å². The maximum Gasteiger partial charge on any atom is 0.242 e. The minimum atomic E-state index is -3.63. The second-order valence-corrected chi connectivity index (χ2v) is 7.70. The average Bonchev–Trinajstić information content (AvgIpc) is 2.36. The van der Waals surface area contributed by atoms with Crippen LogP contribution in [0.25, 0.3) is 0 Å². The topological polar surface area (TPSA) is 72.2 Å². The molecule has 2 aromatic rings. The number of nitrogen functional groups attached to an aromatic ring is 1. The smallest absolute Gasteiger partial charge is 0.242 e. The first-order valence-corrected chi connectivity index (χ1v) is 8.74. The van der Waals surface area contributed by atoms with Gasteiger partial charge in [0.15, 0.2) is 0 Å². The van der Waals surface area contributed by atoms with E-state index in [4.69, 9.17) is 5.73 Å². The van der Waals surface area contributed by atoms with Gasteiger partial charge in [0.1, 0.15) is 4.90 Å². The van der Waals surface area contributed by atoms with Gasteiger partial charge in [-0.05, 0) is 35.9 Å². The van der Waals surface area contributed by atoms with Crippen molar-refractivity contribution in [1.29, 1.82) is 0 Å². The predicted molar refractivity (Wildman–Crippen MR) is 86.7 cm³/mol. The summed E-state index contributed by atoms with van der Waals surface area (Å²) in [6.07, 6.45) is 0.